The lowest BCUT2D eigenvalue weighted by Gasteiger charge is -2.40. The second-order valence-corrected chi connectivity index (χ2v) is 7.52. The Bertz CT molecular complexity index is 887. The normalized spacial score (nSPS) is 18.5. The van der Waals surface area contributed by atoms with Gasteiger partial charge in [-0.1, -0.05) is 0 Å². The maximum atomic E-state index is 13.0. The molecule has 1 saturated carbocycles. The van der Waals surface area contributed by atoms with Crippen molar-refractivity contribution in [2.24, 2.45) is 0 Å². The van der Waals surface area contributed by atoms with Gasteiger partial charge < -0.3 is 9.80 Å². The molecule has 4 rings (SSSR count). The second-order valence-electron chi connectivity index (χ2n) is 7.52. The molecule has 3 heterocycles. The van der Waals surface area contributed by atoms with Crippen LogP contribution in [-0.2, 0) is 12.4 Å². The number of halogens is 6. The van der Waals surface area contributed by atoms with Gasteiger partial charge in [-0.25, -0.2) is 15.0 Å². The van der Waals surface area contributed by atoms with Crippen LogP contribution >= 0.6 is 0 Å². The number of nitrogens with zero attached hydrogens (tertiary/aromatic N) is 5. The van der Waals surface area contributed by atoms with Crippen molar-refractivity contribution in [1.29, 1.82) is 0 Å². The molecule has 30 heavy (non-hydrogen) atoms. The van der Waals surface area contributed by atoms with E-state index in [-0.39, 0.29) is 23.7 Å². The van der Waals surface area contributed by atoms with Crippen molar-refractivity contribution in [2.75, 3.05) is 22.9 Å². The zero-order valence-electron chi connectivity index (χ0n) is 15.8. The average Bonchev–Trinajstić information content (AvgIpc) is 3.53. The van der Waals surface area contributed by atoms with Crippen molar-refractivity contribution in [1.82, 2.24) is 15.0 Å². The van der Waals surface area contributed by atoms with Crippen molar-refractivity contribution >= 4 is 11.6 Å². The fourth-order valence-corrected chi connectivity index (χ4v) is 3.81. The highest BCUT2D eigenvalue weighted by Crippen LogP contribution is 2.38. The van der Waals surface area contributed by atoms with Crippen LogP contribution in [0.15, 0.2) is 30.7 Å². The fourth-order valence-electron chi connectivity index (χ4n) is 3.81. The first-order chi connectivity index (χ1) is 14.1. The van der Waals surface area contributed by atoms with Crippen molar-refractivity contribution in [2.45, 2.75) is 50.1 Å². The number of rotatable bonds is 4. The lowest BCUT2D eigenvalue weighted by Crippen LogP contribution is -2.46. The smallest absolute Gasteiger partial charge is 0.356 e. The van der Waals surface area contributed by atoms with Crippen molar-refractivity contribution in [3.05, 3.63) is 42.0 Å². The third-order valence-corrected chi connectivity index (χ3v) is 5.40. The summed E-state index contributed by atoms with van der Waals surface area (Å²) in [5.74, 6) is 0.498. The van der Waals surface area contributed by atoms with E-state index in [0.717, 1.165) is 43.6 Å². The van der Waals surface area contributed by atoms with Gasteiger partial charge in [-0.3, -0.25) is 0 Å². The number of aromatic nitrogens is 3. The minimum atomic E-state index is -4.55. The summed E-state index contributed by atoms with van der Waals surface area (Å²) in [4.78, 5) is 15.2. The van der Waals surface area contributed by atoms with Crippen LogP contribution in [0.4, 0.5) is 38.0 Å². The number of hydrogen-bond acceptors (Lipinski definition) is 5. The van der Waals surface area contributed by atoms with E-state index in [1.54, 1.807) is 4.90 Å². The average molecular weight is 431 g/mol. The van der Waals surface area contributed by atoms with Gasteiger partial charge in [-0.05, 0) is 37.8 Å². The minimum Gasteiger partial charge on any atom is -0.356 e. The molecular formula is C19H19F6N5. The second kappa shape index (κ2) is 7.59. The molecule has 162 valence electrons. The predicted molar refractivity (Wildman–Crippen MR) is 97.0 cm³/mol. The molecule has 2 aromatic heterocycles. The Kier molecular flexibility index (Phi) is 5.23. The van der Waals surface area contributed by atoms with Gasteiger partial charge in [0.25, 0.3) is 0 Å². The standard InChI is InChI=1S/C19H19F6N5/c20-18(21,22)12-3-6-26-16(9-12)29-7-4-14(5-8-29)30(13-1-2-13)17-10-15(19(23,24)25)27-11-28-17/h3,6,9-11,13-14H,1-2,4-5,7-8H2. The summed E-state index contributed by atoms with van der Waals surface area (Å²) in [6.07, 6.45) is -4.01. The molecular weight excluding hydrogens is 412 g/mol. The van der Waals surface area contributed by atoms with Gasteiger partial charge in [0.15, 0.2) is 0 Å². The fraction of sp³-hybridized carbons (Fsp3) is 0.526. The summed E-state index contributed by atoms with van der Waals surface area (Å²) in [6.45, 7) is 0.915. The summed E-state index contributed by atoms with van der Waals surface area (Å²) in [5, 5.41) is 0. The van der Waals surface area contributed by atoms with E-state index >= 15 is 0 Å². The lowest BCUT2D eigenvalue weighted by atomic mass is 10.0. The number of hydrogen-bond donors (Lipinski definition) is 0. The molecule has 11 heteroatoms. The van der Waals surface area contributed by atoms with Crippen LogP contribution in [0.1, 0.15) is 36.9 Å². The highest BCUT2D eigenvalue weighted by Gasteiger charge is 2.39. The topological polar surface area (TPSA) is 45.2 Å². The molecule has 0 spiro atoms. The zero-order chi connectivity index (χ0) is 21.5. The first-order valence-electron chi connectivity index (χ1n) is 9.59. The Morgan fingerprint density at radius 2 is 1.50 bits per heavy atom. The number of alkyl halides is 6. The highest BCUT2D eigenvalue weighted by molar-refractivity contribution is 5.46. The summed E-state index contributed by atoms with van der Waals surface area (Å²) in [6, 6.07) is 3.01. The molecule has 1 saturated heterocycles. The maximum absolute atomic E-state index is 13.0. The predicted octanol–water partition coefficient (Wildman–Crippen LogP) is 4.55. The van der Waals surface area contributed by atoms with Gasteiger partial charge in [-0.15, -0.1) is 0 Å². The Morgan fingerprint density at radius 1 is 0.833 bits per heavy atom. The van der Waals surface area contributed by atoms with Gasteiger partial charge in [0.1, 0.15) is 23.7 Å². The van der Waals surface area contributed by atoms with E-state index in [4.69, 9.17) is 0 Å². The van der Waals surface area contributed by atoms with E-state index in [2.05, 4.69) is 15.0 Å². The maximum Gasteiger partial charge on any atom is 0.433 e. The molecule has 0 unspecified atom stereocenters. The van der Waals surface area contributed by atoms with Crippen LogP contribution in [0.5, 0.6) is 0 Å². The molecule has 0 atom stereocenters. The summed E-state index contributed by atoms with van der Waals surface area (Å²) < 4.78 is 78.0. The van der Waals surface area contributed by atoms with Crippen molar-refractivity contribution in [3.8, 4) is 0 Å². The van der Waals surface area contributed by atoms with Crippen LogP contribution in [0.2, 0.25) is 0 Å². The summed E-state index contributed by atoms with van der Waals surface area (Å²) in [5.41, 5.74) is -1.74. The van der Waals surface area contributed by atoms with Crippen LogP contribution in [0, 0.1) is 0 Å². The monoisotopic (exact) mass is 431 g/mol. The summed E-state index contributed by atoms with van der Waals surface area (Å²) in [7, 11) is 0. The lowest BCUT2D eigenvalue weighted by molar-refractivity contribution is -0.141. The van der Waals surface area contributed by atoms with Gasteiger partial charge in [0, 0.05) is 37.4 Å². The molecule has 5 nitrogen and oxygen atoms in total. The molecule has 2 fully saturated rings. The third-order valence-electron chi connectivity index (χ3n) is 5.40. The molecule has 0 N–H and O–H groups in total. The van der Waals surface area contributed by atoms with Gasteiger partial charge in [0.05, 0.1) is 5.56 Å². The Labute approximate surface area is 168 Å². The first-order valence-corrected chi connectivity index (χ1v) is 9.59. The van der Waals surface area contributed by atoms with Crippen molar-refractivity contribution in [3.63, 3.8) is 0 Å². The van der Waals surface area contributed by atoms with Crippen LogP contribution < -0.4 is 9.80 Å². The molecule has 0 bridgehead atoms. The van der Waals surface area contributed by atoms with Crippen molar-refractivity contribution < 1.29 is 26.3 Å². The van der Waals surface area contributed by atoms with Gasteiger partial charge in [0.2, 0.25) is 0 Å². The largest absolute Gasteiger partial charge is 0.433 e. The molecule has 2 aromatic rings. The van der Waals surface area contributed by atoms with E-state index in [9.17, 15) is 26.3 Å². The van der Waals surface area contributed by atoms with E-state index in [1.807, 2.05) is 4.90 Å². The minimum absolute atomic E-state index is 0.0458. The van der Waals surface area contributed by atoms with E-state index in [1.165, 1.54) is 0 Å². The molecule has 0 radical (unpaired) electrons. The molecule has 1 aliphatic carbocycles. The number of pyridine rings is 1. The summed E-state index contributed by atoms with van der Waals surface area (Å²) >= 11 is 0. The van der Waals surface area contributed by atoms with Crippen LogP contribution in [-0.4, -0.2) is 40.1 Å². The third kappa shape index (κ3) is 4.44. The quantitative estimate of drug-likeness (QED) is 0.665. The SMILES string of the molecule is FC(F)(F)c1ccnc(N2CCC(N(c3cc(C(F)(F)F)ncn3)C3CC3)CC2)c1. The number of anilines is 2. The Morgan fingerprint density at radius 3 is 2.10 bits per heavy atom. The molecule has 2 aliphatic rings. The van der Waals surface area contributed by atoms with Crippen LogP contribution in [0.25, 0.3) is 0 Å². The van der Waals surface area contributed by atoms with Crippen LogP contribution in [0.3, 0.4) is 0 Å². The molecule has 1 aliphatic heterocycles. The first kappa shape index (κ1) is 20.7. The Hall–Kier alpha value is -2.59. The Balaban J connectivity index is 1.49. The molecule has 0 aromatic carbocycles. The highest BCUT2D eigenvalue weighted by atomic mass is 19.4. The van der Waals surface area contributed by atoms with Gasteiger partial charge in [-0.2, -0.15) is 26.3 Å². The van der Waals surface area contributed by atoms with E-state index < -0.39 is 23.6 Å². The van der Waals surface area contributed by atoms with Gasteiger partial charge >= 0.3 is 12.4 Å². The molecule has 0 amide bonds. The van der Waals surface area contributed by atoms with E-state index in [0.29, 0.717) is 25.9 Å². The zero-order valence-corrected chi connectivity index (χ0v) is 15.8. The number of piperidine rings is 1.